The van der Waals surface area contributed by atoms with Gasteiger partial charge in [0.15, 0.2) is 5.78 Å². The van der Waals surface area contributed by atoms with Crippen LogP contribution in [0.5, 0.6) is 5.75 Å². The first-order chi connectivity index (χ1) is 10.2. The van der Waals surface area contributed by atoms with Crippen LogP contribution in [0, 0.1) is 0 Å². The van der Waals surface area contributed by atoms with Gasteiger partial charge in [0.1, 0.15) is 5.75 Å². The van der Waals surface area contributed by atoms with Crippen LogP contribution in [0.1, 0.15) is 30.6 Å². The number of hydrogen-bond acceptors (Lipinski definition) is 5. The number of nitrogens with one attached hydrogen (secondary N) is 1. The molecule has 0 spiro atoms. The maximum atomic E-state index is 12.7. The third-order valence-corrected chi connectivity index (χ3v) is 3.88. The summed E-state index contributed by atoms with van der Waals surface area (Å²) in [4.78, 5) is 15.0. The number of ether oxygens (including phenoxy) is 1. The van der Waals surface area contributed by atoms with Crippen LogP contribution in [-0.4, -0.2) is 49.5 Å². The van der Waals surface area contributed by atoms with E-state index in [1.165, 1.54) is 0 Å². The van der Waals surface area contributed by atoms with Gasteiger partial charge in [-0.05, 0) is 31.5 Å². The molecule has 0 amide bonds. The van der Waals surface area contributed by atoms with Crippen molar-refractivity contribution in [1.82, 2.24) is 10.2 Å². The Balaban J connectivity index is 2.15. The van der Waals surface area contributed by atoms with Crippen molar-refractivity contribution in [2.75, 3.05) is 38.5 Å². The highest BCUT2D eigenvalue weighted by Gasteiger charge is 2.26. The van der Waals surface area contributed by atoms with E-state index in [0.29, 0.717) is 23.6 Å². The van der Waals surface area contributed by atoms with Crippen molar-refractivity contribution in [3.63, 3.8) is 0 Å². The van der Waals surface area contributed by atoms with Gasteiger partial charge in [0.25, 0.3) is 0 Å². The maximum Gasteiger partial charge on any atom is 0.180 e. The Hall–Kier alpha value is -1.59. The predicted octanol–water partition coefficient (Wildman–Crippen LogP) is 1.53. The molecule has 1 unspecified atom stereocenters. The molecule has 5 heteroatoms. The second-order valence-corrected chi connectivity index (χ2v) is 5.26. The molecule has 0 aliphatic carbocycles. The topological polar surface area (TPSA) is 67.6 Å². The maximum absolute atomic E-state index is 12.7. The largest absolute Gasteiger partial charge is 0.492 e. The normalized spacial score (nSPS) is 17.4. The lowest BCUT2D eigenvalue weighted by atomic mass is 9.99. The number of rotatable bonds is 6. The first kappa shape index (κ1) is 15.8. The molecule has 116 valence electrons. The summed E-state index contributed by atoms with van der Waals surface area (Å²) in [7, 11) is 0. The highest BCUT2D eigenvalue weighted by Crippen LogP contribution is 2.24. The van der Waals surface area contributed by atoms with Crippen molar-refractivity contribution in [3.05, 3.63) is 23.8 Å². The SMILES string of the molecule is CCOc1ccc(C(=O)C(CC)N2CCNCC2)cc1N. The number of piperazine rings is 1. The highest BCUT2D eigenvalue weighted by molar-refractivity contribution is 6.01. The van der Waals surface area contributed by atoms with Crippen LogP contribution in [0.25, 0.3) is 0 Å². The van der Waals surface area contributed by atoms with Gasteiger partial charge in [0, 0.05) is 31.7 Å². The van der Waals surface area contributed by atoms with Gasteiger partial charge in [0.05, 0.1) is 18.3 Å². The molecule has 0 saturated carbocycles. The summed E-state index contributed by atoms with van der Waals surface area (Å²) in [5.41, 5.74) is 7.16. The number of nitrogen functional groups attached to an aromatic ring is 1. The fourth-order valence-electron chi connectivity index (χ4n) is 2.78. The number of carbonyl (C=O) groups is 1. The first-order valence-electron chi connectivity index (χ1n) is 7.68. The van der Waals surface area contributed by atoms with E-state index in [2.05, 4.69) is 17.1 Å². The Kier molecular flexibility index (Phi) is 5.59. The zero-order valence-corrected chi connectivity index (χ0v) is 12.9. The zero-order chi connectivity index (χ0) is 15.2. The molecule has 1 fully saturated rings. The third kappa shape index (κ3) is 3.74. The van der Waals surface area contributed by atoms with E-state index in [1.54, 1.807) is 12.1 Å². The summed E-state index contributed by atoms with van der Waals surface area (Å²) in [6.45, 7) is 8.24. The summed E-state index contributed by atoms with van der Waals surface area (Å²) in [6.07, 6.45) is 0.811. The molecular formula is C16H25N3O2. The molecular weight excluding hydrogens is 266 g/mol. The van der Waals surface area contributed by atoms with Crippen molar-refractivity contribution in [2.24, 2.45) is 0 Å². The minimum absolute atomic E-state index is 0.0653. The highest BCUT2D eigenvalue weighted by atomic mass is 16.5. The number of ketones is 1. The van der Waals surface area contributed by atoms with Crippen molar-refractivity contribution >= 4 is 11.5 Å². The van der Waals surface area contributed by atoms with E-state index in [-0.39, 0.29) is 11.8 Å². The van der Waals surface area contributed by atoms with Gasteiger partial charge in [-0.3, -0.25) is 9.69 Å². The summed E-state index contributed by atoms with van der Waals surface area (Å²) < 4.78 is 5.42. The third-order valence-electron chi connectivity index (χ3n) is 3.88. The summed E-state index contributed by atoms with van der Waals surface area (Å²) in [5, 5.41) is 3.31. The molecule has 3 N–H and O–H groups in total. The van der Waals surface area contributed by atoms with E-state index >= 15 is 0 Å². The van der Waals surface area contributed by atoms with Crippen molar-refractivity contribution in [1.29, 1.82) is 0 Å². The average molecular weight is 291 g/mol. The summed E-state index contributed by atoms with van der Waals surface area (Å²) in [6, 6.07) is 5.27. The fraction of sp³-hybridized carbons (Fsp3) is 0.562. The summed E-state index contributed by atoms with van der Waals surface area (Å²) in [5.74, 6) is 0.790. The second-order valence-electron chi connectivity index (χ2n) is 5.26. The number of nitrogens with two attached hydrogens (primary N) is 1. The van der Waals surface area contributed by atoms with Gasteiger partial charge in [-0.1, -0.05) is 6.92 Å². The molecule has 1 heterocycles. The first-order valence-corrected chi connectivity index (χ1v) is 7.68. The quantitative estimate of drug-likeness (QED) is 0.614. The van der Waals surface area contributed by atoms with Crippen LogP contribution in [0.15, 0.2) is 18.2 Å². The zero-order valence-electron chi connectivity index (χ0n) is 12.9. The van der Waals surface area contributed by atoms with Crippen molar-refractivity contribution in [3.8, 4) is 5.75 Å². The molecule has 0 radical (unpaired) electrons. The molecule has 0 aromatic heterocycles. The number of nitrogens with zero attached hydrogens (tertiary/aromatic N) is 1. The Bertz CT molecular complexity index is 484. The second kappa shape index (κ2) is 7.43. The lowest BCUT2D eigenvalue weighted by molar-refractivity contribution is 0.0790. The minimum Gasteiger partial charge on any atom is -0.492 e. The monoisotopic (exact) mass is 291 g/mol. The van der Waals surface area contributed by atoms with E-state index in [9.17, 15) is 4.79 Å². The molecule has 1 saturated heterocycles. The number of hydrogen-bond donors (Lipinski definition) is 2. The number of anilines is 1. The van der Waals surface area contributed by atoms with Gasteiger partial charge in [-0.15, -0.1) is 0 Å². The Morgan fingerprint density at radius 3 is 2.67 bits per heavy atom. The van der Waals surface area contributed by atoms with Gasteiger partial charge in [0.2, 0.25) is 0 Å². The lowest BCUT2D eigenvalue weighted by Crippen LogP contribution is -2.51. The summed E-state index contributed by atoms with van der Waals surface area (Å²) >= 11 is 0. The molecule has 21 heavy (non-hydrogen) atoms. The van der Waals surface area contributed by atoms with Crippen LogP contribution < -0.4 is 15.8 Å². The Morgan fingerprint density at radius 1 is 1.38 bits per heavy atom. The number of Topliss-reactive ketones (excluding diaryl/α,β-unsaturated/α-hetero) is 1. The molecule has 1 atom stereocenters. The molecule has 2 rings (SSSR count). The lowest BCUT2D eigenvalue weighted by Gasteiger charge is -2.33. The average Bonchev–Trinajstić information content (AvgIpc) is 2.51. The van der Waals surface area contributed by atoms with Crippen LogP contribution in [-0.2, 0) is 0 Å². The Labute approximate surface area is 126 Å². The smallest absolute Gasteiger partial charge is 0.180 e. The van der Waals surface area contributed by atoms with Gasteiger partial charge in [-0.25, -0.2) is 0 Å². The number of carbonyl (C=O) groups excluding carboxylic acids is 1. The standard InChI is InChI=1S/C16H25N3O2/c1-3-14(19-9-7-18-8-10-19)16(20)12-5-6-15(21-4-2)13(17)11-12/h5-6,11,14,18H,3-4,7-10,17H2,1-2H3. The molecule has 5 nitrogen and oxygen atoms in total. The van der Waals surface area contributed by atoms with E-state index in [1.807, 2.05) is 13.0 Å². The van der Waals surface area contributed by atoms with Gasteiger partial charge >= 0.3 is 0 Å². The predicted molar refractivity (Wildman–Crippen MR) is 84.9 cm³/mol. The molecule has 0 bridgehead atoms. The van der Waals surface area contributed by atoms with Gasteiger partial charge in [-0.2, -0.15) is 0 Å². The van der Waals surface area contributed by atoms with Crippen LogP contribution in [0.4, 0.5) is 5.69 Å². The Morgan fingerprint density at radius 2 is 2.10 bits per heavy atom. The van der Waals surface area contributed by atoms with E-state index < -0.39 is 0 Å². The van der Waals surface area contributed by atoms with Crippen LogP contribution >= 0.6 is 0 Å². The van der Waals surface area contributed by atoms with Crippen molar-refractivity contribution < 1.29 is 9.53 Å². The fourth-order valence-corrected chi connectivity index (χ4v) is 2.78. The van der Waals surface area contributed by atoms with Crippen LogP contribution in [0.2, 0.25) is 0 Å². The van der Waals surface area contributed by atoms with Crippen molar-refractivity contribution in [2.45, 2.75) is 26.3 Å². The minimum atomic E-state index is -0.0653. The number of benzene rings is 1. The van der Waals surface area contributed by atoms with Crippen LogP contribution in [0.3, 0.4) is 0 Å². The molecule has 1 aromatic rings. The molecule has 1 aromatic carbocycles. The van der Waals surface area contributed by atoms with E-state index in [0.717, 1.165) is 32.6 Å². The van der Waals surface area contributed by atoms with Gasteiger partial charge < -0.3 is 15.8 Å². The molecule has 1 aliphatic rings. The van der Waals surface area contributed by atoms with E-state index in [4.69, 9.17) is 10.5 Å². The molecule has 1 aliphatic heterocycles.